The lowest BCUT2D eigenvalue weighted by Gasteiger charge is -2.12. The monoisotopic (exact) mass is 311 g/mol. The van der Waals surface area contributed by atoms with E-state index < -0.39 is 11.6 Å². The van der Waals surface area contributed by atoms with Gasteiger partial charge >= 0.3 is 0 Å². The molecule has 21 heavy (non-hydrogen) atoms. The molecule has 0 radical (unpaired) electrons. The Kier molecular flexibility index (Phi) is 5.76. The molecule has 1 aromatic heterocycles. The van der Waals surface area contributed by atoms with Crippen LogP contribution in [0.3, 0.4) is 0 Å². The van der Waals surface area contributed by atoms with E-state index in [1.807, 2.05) is 0 Å². The number of hydrogen-bond acceptors (Lipinski definition) is 4. The fourth-order valence-electron chi connectivity index (χ4n) is 2.06. The topological polar surface area (TPSA) is 37.8 Å². The summed E-state index contributed by atoms with van der Waals surface area (Å²) in [5.74, 6) is -1.08. The highest BCUT2D eigenvalue weighted by Crippen LogP contribution is 2.24. The number of nitrogens with zero attached hydrogens (tertiary/aromatic N) is 2. The zero-order valence-corrected chi connectivity index (χ0v) is 13.0. The van der Waals surface area contributed by atoms with Gasteiger partial charge in [-0.2, -0.15) is 0 Å². The second-order valence-electron chi connectivity index (χ2n) is 4.83. The van der Waals surface area contributed by atoms with Crippen LogP contribution in [-0.2, 0) is 6.42 Å². The number of hydrogen-bond donors (Lipinski definition) is 1. The van der Waals surface area contributed by atoms with Crippen molar-refractivity contribution in [3.05, 3.63) is 45.4 Å². The summed E-state index contributed by atoms with van der Waals surface area (Å²) < 4.78 is 27.3. The predicted molar refractivity (Wildman–Crippen MR) is 80.4 cm³/mol. The van der Waals surface area contributed by atoms with Crippen LogP contribution in [0, 0.1) is 11.6 Å². The highest BCUT2D eigenvalue weighted by molar-refractivity contribution is 7.11. The standard InChI is InChI=1S/C15H19F2N3S/c1-3-8-18-13(4-2)15-20-19-14(21-15)9-10-11(16)6-5-7-12(10)17/h5-7,13,18H,3-4,8-9H2,1-2H3. The fourth-order valence-corrected chi connectivity index (χ4v) is 3.07. The Morgan fingerprint density at radius 1 is 1.19 bits per heavy atom. The summed E-state index contributed by atoms with van der Waals surface area (Å²) >= 11 is 1.41. The maximum atomic E-state index is 13.6. The van der Waals surface area contributed by atoms with Gasteiger partial charge in [0.05, 0.1) is 6.04 Å². The molecule has 0 saturated carbocycles. The quantitative estimate of drug-likeness (QED) is 0.844. The van der Waals surface area contributed by atoms with Gasteiger partial charge in [-0.1, -0.05) is 31.3 Å². The Balaban J connectivity index is 2.12. The summed E-state index contributed by atoms with van der Waals surface area (Å²) in [7, 11) is 0. The zero-order chi connectivity index (χ0) is 15.2. The van der Waals surface area contributed by atoms with Crippen LogP contribution in [0.4, 0.5) is 8.78 Å². The first-order valence-corrected chi connectivity index (χ1v) is 7.95. The first-order chi connectivity index (χ1) is 10.2. The van der Waals surface area contributed by atoms with Gasteiger partial charge in [0.25, 0.3) is 0 Å². The van der Waals surface area contributed by atoms with Gasteiger partial charge in [-0.3, -0.25) is 0 Å². The molecule has 0 aliphatic rings. The van der Waals surface area contributed by atoms with Gasteiger partial charge in [0, 0.05) is 12.0 Å². The minimum Gasteiger partial charge on any atom is -0.308 e. The molecule has 0 fully saturated rings. The lowest BCUT2D eigenvalue weighted by atomic mass is 10.1. The third-order valence-corrected chi connectivity index (χ3v) is 4.26. The summed E-state index contributed by atoms with van der Waals surface area (Å²) in [6, 6.07) is 4.04. The highest BCUT2D eigenvalue weighted by atomic mass is 32.1. The van der Waals surface area contributed by atoms with Crippen molar-refractivity contribution in [3.8, 4) is 0 Å². The summed E-state index contributed by atoms with van der Waals surface area (Å²) in [6.45, 7) is 5.09. The molecule has 1 aromatic carbocycles. The van der Waals surface area contributed by atoms with Crippen molar-refractivity contribution >= 4 is 11.3 Å². The number of rotatable bonds is 7. The summed E-state index contributed by atoms with van der Waals surface area (Å²) in [4.78, 5) is 0. The van der Waals surface area contributed by atoms with Crippen molar-refractivity contribution in [2.45, 2.75) is 39.2 Å². The van der Waals surface area contributed by atoms with E-state index >= 15 is 0 Å². The number of aromatic nitrogens is 2. The van der Waals surface area contributed by atoms with E-state index in [1.165, 1.54) is 29.5 Å². The van der Waals surface area contributed by atoms with Crippen molar-refractivity contribution in [1.29, 1.82) is 0 Å². The maximum absolute atomic E-state index is 13.6. The van der Waals surface area contributed by atoms with Crippen molar-refractivity contribution in [2.75, 3.05) is 6.54 Å². The summed E-state index contributed by atoms with van der Waals surface area (Å²) in [6.07, 6.45) is 2.09. The highest BCUT2D eigenvalue weighted by Gasteiger charge is 2.16. The Morgan fingerprint density at radius 2 is 1.90 bits per heavy atom. The lowest BCUT2D eigenvalue weighted by Crippen LogP contribution is -2.21. The van der Waals surface area contributed by atoms with E-state index in [9.17, 15) is 8.78 Å². The molecule has 1 heterocycles. The molecule has 6 heteroatoms. The Labute approximate surface area is 127 Å². The third-order valence-electron chi connectivity index (χ3n) is 3.22. The fraction of sp³-hybridized carbons (Fsp3) is 0.467. The van der Waals surface area contributed by atoms with Crippen LogP contribution in [0.15, 0.2) is 18.2 Å². The molecule has 2 rings (SSSR count). The number of benzene rings is 1. The van der Waals surface area contributed by atoms with Crippen LogP contribution < -0.4 is 5.32 Å². The molecular weight excluding hydrogens is 292 g/mol. The molecule has 0 spiro atoms. The minimum atomic E-state index is -0.539. The van der Waals surface area contributed by atoms with Gasteiger partial charge in [0.2, 0.25) is 0 Å². The van der Waals surface area contributed by atoms with E-state index in [0.29, 0.717) is 5.01 Å². The third kappa shape index (κ3) is 4.04. The lowest BCUT2D eigenvalue weighted by molar-refractivity contribution is 0.512. The zero-order valence-electron chi connectivity index (χ0n) is 12.2. The number of halogens is 2. The van der Waals surface area contributed by atoms with Gasteiger partial charge in [0.15, 0.2) is 0 Å². The van der Waals surface area contributed by atoms with Gasteiger partial charge in [-0.25, -0.2) is 8.78 Å². The van der Waals surface area contributed by atoms with Gasteiger partial charge < -0.3 is 5.32 Å². The molecule has 3 nitrogen and oxygen atoms in total. The minimum absolute atomic E-state index is 0.0507. The van der Waals surface area contributed by atoms with Crippen molar-refractivity contribution in [2.24, 2.45) is 0 Å². The van der Waals surface area contributed by atoms with Crippen molar-refractivity contribution < 1.29 is 8.78 Å². The van der Waals surface area contributed by atoms with E-state index in [0.717, 1.165) is 24.4 Å². The molecular formula is C15H19F2N3S. The van der Waals surface area contributed by atoms with Crippen LogP contribution in [-0.4, -0.2) is 16.7 Å². The Morgan fingerprint density at radius 3 is 2.52 bits per heavy atom. The smallest absolute Gasteiger partial charge is 0.134 e. The molecule has 1 unspecified atom stereocenters. The Bertz CT molecular complexity index is 566. The van der Waals surface area contributed by atoms with Crippen LogP contribution in [0.2, 0.25) is 0 Å². The SMILES string of the molecule is CCCNC(CC)c1nnc(Cc2c(F)cccc2F)s1. The van der Waals surface area contributed by atoms with Gasteiger partial charge in [-0.15, -0.1) is 10.2 Å². The van der Waals surface area contributed by atoms with Crippen LogP contribution >= 0.6 is 11.3 Å². The molecule has 0 amide bonds. The number of nitrogens with one attached hydrogen (secondary N) is 1. The van der Waals surface area contributed by atoms with E-state index in [2.05, 4.69) is 29.4 Å². The van der Waals surface area contributed by atoms with Crippen LogP contribution in [0.1, 0.15) is 48.3 Å². The van der Waals surface area contributed by atoms with Crippen molar-refractivity contribution in [3.63, 3.8) is 0 Å². The summed E-state index contributed by atoms with van der Waals surface area (Å²) in [5.41, 5.74) is 0.0507. The van der Waals surface area contributed by atoms with Crippen LogP contribution in [0.5, 0.6) is 0 Å². The predicted octanol–water partition coefficient (Wildman–Crippen LogP) is 3.86. The second-order valence-corrected chi connectivity index (χ2v) is 5.92. The molecule has 0 saturated heterocycles. The van der Waals surface area contributed by atoms with E-state index in [1.54, 1.807) is 0 Å². The average Bonchev–Trinajstić information content (AvgIpc) is 2.92. The molecule has 114 valence electrons. The average molecular weight is 311 g/mol. The molecule has 0 aliphatic carbocycles. The largest absolute Gasteiger partial charge is 0.308 e. The normalized spacial score (nSPS) is 12.6. The van der Waals surface area contributed by atoms with Gasteiger partial charge in [0.1, 0.15) is 21.6 Å². The first-order valence-electron chi connectivity index (χ1n) is 7.14. The summed E-state index contributed by atoms with van der Waals surface area (Å²) in [5, 5.41) is 13.1. The van der Waals surface area contributed by atoms with E-state index in [-0.39, 0.29) is 18.0 Å². The van der Waals surface area contributed by atoms with Gasteiger partial charge in [-0.05, 0) is 31.5 Å². The first kappa shape index (κ1) is 16.0. The molecule has 1 atom stereocenters. The second kappa shape index (κ2) is 7.56. The maximum Gasteiger partial charge on any atom is 0.134 e. The molecule has 0 bridgehead atoms. The van der Waals surface area contributed by atoms with Crippen molar-refractivity contribution in [1.82, 2.24) is 15.5 Å². The molecule has 1 N–H and O–H groups in total. The van der Waals surface area contributed by atoms with Crippen LogP contribution in [0.25, 0.3) is 0 Å². The molecule has 0 aliphatic heterocycles. The molecule has 2 aromatic rings. The van der Waals surface area contributed by atoms with E-state index in [4.69, 9.17) is 0 Å². The Hall–Kier alpha value is -1.40.